The van der Waals surface area contributed by atoms with E-state index in [0.717, 1.165) is 77.8 Å². The quantitative estimate of drug-likeness (QED) is 0.161. The summed E-state index contributed by atoms with van der Waals surface area (Å²) in [7, 11) is 0. The third-order valence-electron chi connectivity index (χ3n) is 8.10. The first kappa shape index (κ1) is 25.6. The second kappa shape index (κ2) is 10.3. The van der Waals surface area contributed by atoms with Gasteiger partial charge in [-0.3, -0.25) is 14.1 Å². The molecule has 8 aromatic rings. The summed E-state index contributed by atoms with van der Waals surface area (Å²) in [5.74, 6) is 0. The maximum atomic E-state index is 7.74. The van der Waals surface area contributed by atoms with E-state index < -0.39 is 0 Å². The Balaban J connectivity index is 1.51. The monoisotopic (exact) mass is 566 g/mol. The molecule has 0 aliphatic carbocycles. The zero-order valence-corrected chi connectivity index (χ0v) is 23.7. The van der Waals surface area contributed by atoms with Gasteiger partial charge in [-0.15, -0.1) is 0 Å². The number of fused-ring (bicyclic) bond motifs is 6. The molecule has 0 radical (unpaired) electrons. The molecule has 0 spiro atoms. The molecule has 0 bridgehead atoms. The van der Waals surface area contributed by atoms with Gasteiger partial charge >= 0.3 is 0 Å². The van der Waals surface area contributed by atoms with Gasteiger partial charge in [0.2, 0.25) is 0 Å². The van der Waals surface area contributed by atoms with Gasteiger partial charge in [-0.05, 0) is 82.9 Å². The molecule has 0 amide bonds. The fraction of sp³-hybridized carbons (Fsp3) is 0. The van der Waals surface area contributed by atoms with Gasteiger partial charge in [0.05, 0.1) is 11.0 Å². The Kier molecular flexibility index (Phi) is 5.98. The minimum Gasteiger partial charge on any atom is -0.309 e. The predicted molar refractivity (Wildman–Crippen MR) is 181 cm³/mol. The van der Waals surface area contributed by atoms with E-state index in [4.69, 9.17) is 15.4 Å². The number of nitrogens with zero attached hydrogens (tertiary/aromatic N) is 5. The van der Waals surface area contributed by atoms with Crippen molar-refractivity contribution in [3.63, 3.8) is 0 Å². The number of nitrogens with one attached hydrogen (secondary N) is 1. The molecule has 0 unspecified atom stereocenters. The van der Waals surface area contributed by atoms with Gasteiger partial charge in [0.15, 0.2) is 11.3 Å². The van der Waals surface area contributed by atoms with Crippen LogP contribution in [-0.4, -0.2) is 30.3 Å². The minimum absolute atomic E-state index is 0.771. The van der Waals surface area contributed by atoms with Crippen LogP contribution in [0.3, 0.4) is 0 Å². The van der Waals surface area contributed by atoms with Gasteiger partial charge in [-0.1, -0.05) is 67.3 Å². The Bertz CT molecular complexity index is 2410. The molecule has 0 saturated heterocycles. The number of hydrogen-bond acceptors (Lipinski definition) is 4. The molecule has 4 aromatic heterocycles. The highest BCUT2D eigenvalue weighted by Crippen LogP contribution is 2.37. The summed E-state index contributed by atoms with van der Waals surface area (Å²) < 4.78 is 4.39. The lowest BCUT2D eigenvalue weighted by Gasteiger charge is -2.14. The number of para-hydroxylation sites is 3. The molecular formula is C38H26N6. The van der Waals surface area contributed by atoms with Crippen molar-refractivity contribution in [1.82, 2.24) is 24.1 Å². The van der Waals surface area contributed by atoms with Crippen molar-refractivity contribution in [2.24, 2.45) is 0 Å². The van der Waals surface area contributed by atoms with Gasteiger partial charge in [0.25, 0.3) is 0 Å². The van der Waals surface area contributed by atoms with Crippen molar-refractivity contribution in [2.45, 2.75) is 0 Å². The lowest BCUT2D eigenvalue weighted by molar-refractivity contribution is 1.10. The van der Waals surface area contributed by atoms with Gasteiger partial charge in [-0.25, -0.2) is 9.97 Å². The van der Waals surface area contributed by atoms with Crippen molar-refractivity contribution in [2.75, 3.05) is 0 Å². The number of allylic oxidation sites excluding steroid dienone is 3. The van der Waals surface area contributed by atoms with Crippen LogP contribution in [0.1, 0.15) is 5.56 Å². The van der Waals surface area contributed by atoms with Gasteiger partial charge in [-0.2, -0.15) is 0 Å². The number of hydrogen-bond donors (Lipinski definition) is 1. The van der Waals surface area contributed by atoms with Crippen LogP contribution >= 0.6 is 0 Å². The summed E-state index contributed by atoms with van der Waals surface area (Å²) >= 11 is 0. The number of benzene rings is 4. The molecule has 0 atom stereocenters. The van der Waals surface area contributed by atoms with Crippen LogP contribution in [0.15, 0.2) is 140 Å². The van der Waals surface area contributed by atoms with Crippen LogP contribution < -0.4 is 0 Å². The van der Waals surface area contributed by atoms with E-state index in [2.05, 4.69) is 93.5 Å². The van der Waals surface area contributed by atoms with E-state index >= 15 is 0 Å². The topological polar surface area (TPSA) is 72.4 Å². The van der Waals surface area contributed by atoms with E-state index in [9.17, 15) is 0 Å². The van der Waals surface area contributed by atoms with Crippen LogP contribution in [0, 0.1) is 5.41 Å². The van der Waals surface area contributed by atoms with E-state index in [0.29, 0.717) is 0 Å². The SMILES string of the molecule is C=C/C(=C\C=N)c1cc(-c2ccncc2)cc(-n2c3ccccc3c3nc4c5ccccc5n(-c5ccccc5)c4nc32)c1. The standard InChI is InChI=1S/C38H26N6/c1-2-25(16-19-39)27-22-28(26-17-20-40-21-18-26)24-30(23-27)44-34-15-9-7-13-32(34)36-38(44)42-37-35(41-36)31-12-6-8-14-33(31)43(37)29-10-4-3-5-11-29/h2-24,39H,1H2/b25-16+,39-19?. The van der Waals surface area contributed by atoms with Crippen LogP contribution in [-0.2, 0) is 0 Å². The molecular weight excluding hydrogens is 540 g/mol. The summed E-state index contributed by atoms with van der Waals surface area (Å²) in [6.07, 6.45) is 8.44. The summed E-state index contributed by atoms with van der Waals surface area (Å²) in [5, 5.41) is 9.84. The zero-order chi connectivity index (χ0) is 29.6. The minimum atomic E-state index is 0.771. The highest BCUT2D eigenvalue weighted by atomic mass is 15.1. The average molecular weight is 567 g/mol. The lowest BCUT2D eigenvalue weighted by atomic mass is 9.98. The summed E-state index contributed by atoms with van der Waals surface area (Å²) in [6, 6.07) is 37.4. The molecule has 4 heterocycles. The number of aromatic nitrogens is 5. The second-order valence-electron chi connectivity index (χ2n) is 10.6. The first-order valence-corrected chi connectivity index (χ1v) is 14.4. The van der Waals surface area contributed by atoms with E-state index in [-0.39, 0.29) is 0 Å². The molecule has 8 rings (SSSR count). The maximum Gasteiger partial charge on any atom is 0.166 e. The van der Waals surface area contributed by atoms with E-state index in [1.807, 2.05) is 36.4 Å². The smallest absolute Gasteiger partial charge is 0.166 e. The van der Waals surface area contributed by atoms with Crippen molar-refractivity contribution in [3.8, 4) is 22.5 Å². The lowest BCUT2D eigenvalue weighted by Crippen LogP contribution is -2.00. The number of rotatable bonds is 6. The van der Waals surface area contributed by atoms with Crippen molar-refractivity contribution < 1.29 is 0 Å². The molecule has 1 N–H and O–H groups in total. The molecule has 0 aliphatic heterocycles. The van der Waals surface area contributed by atoms with Crippen LogP contribution in [0.25, 0.3) is 72.2 Å². The average Bonchev–Trinajstić information content (AvgIpc) is 3.59. The van der Waals surface area contributed by atoms with Crippen molar-refractivity contribution in [3.05, 3.63) is 146 Å². The molecule has 6 heteroatoms. The molecule has 4 aromatic carbocycles. The molecule has 44 heavy (non-hydrogen) atoms. The Morgan fingerprint density at radius 1 is 0.636 bits per heavy atom. The highest BCUT2D eigenvalue weighted by Gasteiger charge is 2.21. The van der Waals surface area contributed by atoms with E-state index in [1.165, 1.54) is 6.21 Å². The maximum absolute atomic E-state index is 7.74. The Hall–Kier alpha value is -6.14. The van der Waals surface area contributed by atoms with Crippen molar-refractivity contribution >= 4 is 55.9 Å². The number of pyridine rings is 1. The Morgan fingerprint density at radius 2 is 1.25 bits per heavy atom. The first-order valence-electron chi connectivity index (χ1n) is 14.4. The van der Waals surface area contributed by atoms with Gasteiger partial charge in [0, 0.05) is 40.8 Å². The second-order valence-corrected chi connectivity index (χ2v) is 10.6. The Labute approximate surface area is 253 Å². The zero-order valence-electron chi connectivity index (χ0n) is 23.7. The van der Waals surface area contributed by atoms with Crippen LogP contribution in [0.2, 0.25) is 0 Å². The summed E-state index contributed by atoms with van der Waals surface area (Å²) in [4.78, 5) is 15.0. The molecule has 0 saturated carbocycles. The third kappa shape index (κ3) is 3.96. The molecule has 0 aliphatic rings. The molecule has 0 fully saturated rings. The van der Waals surface area contributed by atoms with Crippen LogP contribution in [0.5, 0.6) is 0 Å². The van der Waals surface area contributed by atoms with Crippen molar-refractivity contribution in [1.29, 1.82) is 5.41 Å². The van der Waals surface area contributed by atoms with Gasteiger partial charge in [0.1, 0.15) is 11.0 Å². The van der Waals surface area contributed by atoms with E-state index in [1.54, 1.807) is 24.5 Å². The molecule has 6 nitrogen and oxygen atoms in total. The fourth-order valence-corrected chi connectivity index (χ4v) is 6.15. The summed E-state index contributed by atoms with van der Waals surface area (Å²) in [5.41, 5.74) is 11.2. The van der Waals surface area contributed by atoms with Crippen LogP contribution in [0.4, 0.5) is 0 Å². The summed E-state index contributed by atoms with van der Waals surface area (Å²) in [6.45, 7) is 4.03. The van der Waals surface area contributed by atoms with Gasteiger partial charge < -0.3 is 5.41 Å². The first-order chi connectivity index (χ1) is 21.7. The fourth-order valence-electron chi connectivity index (χ4n) is 6.15. The molecule has 208 valence electrons. The largest absolute Gasteiger partial charge is 0.309 e. The predicted octanol–water partition coefficient (Wildman–Crippen LogP) is 8.95. The normalized spacial score (nSPS) is 12.0. The Morgan fingerprint density at radius 3 is 1.89 bits per heavy atom. The highest BCUT2D eigenvalue weighted by molar-refractivity contribution is 6.12. The third-order valence-corrected chi connectivity index (χ3v) is 8.10.